The van der Waals surface area contributed by atoms with Crippen molar-refractivity contribution in [1.82, 2.24) is 29.7 Å². The van der Waals surface area contributed by atoms with Crippen LogP contribution >= 0.6 is 0 Å². The molecule has 0 bridgehead atoms. The molecule has 2 N–H and O–H groups in total. The number of piperazine rings is 1. The Morgan fingerprint density at radius 1 is 1.12 bits per heavy atom. The molecule has 4 aromatic rings. The van der Waals surface area contributed by atoms with Crippen LogP contribution in [0.3, 0.4) is 0 Å². The minimum atomic E-state index is -0.315. The summed E-state index contributed by atoms with van der Waals surface area (Å²) in [5.74, 6) is 0.916. The van der Waals surface area contributed by atoms with Gasteiger partial charge in [0.1, 0.15) is 16.9 Å². The highest BCUT2D eigenvalue weighted by molar-refractivity contribution is 5.98. The number of imidazole rings is 1. The maximum atomic E-state index is 13.8. The molecule has 0 saturated carbocycles. The number of hydrogen-bond acceptors (Lipinski definition) is 6. The molecule has 9 nitrogen and oxygen atoms in total. The summed E-state index contributed by atoms with van der Waals surface area (Å²) >= 11 is 0. The minimum Gasteiger partial charge on any atom is -0.481 e. The summed E-state index contributed by atoms with van der Waals surface area (Å²) in [5.41, 5.74) is 2.96. The fourth-order valence-corrected chi connectivity index (χ4v) is 4.02. The molecule has 0 aliphatic carbocycles. The number of rotatable bonds is 5. The second-order valence-corrected chi connectivity index (χ2v) is 7.91. The number of carbonyl (C=O) groups excluding carboxylic acids is 1. The number of carbonyl (C=O) groups is 1. The summed E-state index contributed by atoms with van der Waals surface area (Å²) < 4.78 is 19.0. The number of methoxy groups -OCH3 is 1. The van der Waals surface area contributed by atoms with Gasteiger partial charge in [0, 0.05) is 51.4 Å². The molecule has 5 rings (SSSR count). The number of ether oxygens (including phenoxy) is 1. The lowest BCUT2D eigenvalue weighted by molar-refractivity contribution is 0.148. The van der Waals surface area contributed by atoms with Gasteiger partial charge in [0.05, 0.1) is 23.8 Å². The van der Waals surface area contributed by atoms with E-state index in [9.17, 15) is 9.18 Å². The van der Waals surface area contributed by atoms with Crippen molar-refractivity contribution in [2.24, 2.45) is 0 Å². The van der Waals surface area contributed by atoms with Gasteiger partial charge in [0.15, 0.2) is 5.82 Å². The zero-order valence-electron chi connectivity index (χ0n) is 18.2. The number of halogens is 1. The molecular formula is C23H24FN7O2. The largest absolute Gasteiger partial charge is 0.481 e. The van der Waals surface area contributed by atoms with Gasteiger partial charge in [-0.2, -0.15) is 0 Å². The Balaban J connectivity index is 1.17. The van der Waals surface area contributed by atoms with Crippen LogP contribution in [0.1, 0.15) is 5.82 Å². The monoisotopic (exact) mass is 449 g/mol. The van der Waals surface area contributed by atoms with Crippen LogP contribution in [0, 0.1) is 5.82 Å². The van der Waals surface area contributed by atoms with E-state index >= 15 is 0 Å². The highest BCUT2D eigenvalue weighted by atomic mass is 19.1. The summed E-state index contributed by atoms with van der Waals surface area (Å²) in [4.78, 5) is 33.2. The molecule has 0 spiro atoms. The number of aromatic amines is 1. The average Bonchev–Trinajstić information content (AvgIpc) is 3.27. The standard InChI is InChI=1S/C23H24FN7O2/c1-33-20-6-5-16-22(29-20)18(7-9-25-16)27-23(32)31-13-11-30(12-14-31)10-8-19-26-17-4-2-3-15(24)21(17)28-19/h2-7,9H,8,10-14H2,1H3,(H,26,28)(H,25,27,32). The summed E-state index contributed by atoms with van der Waals surface area (Å²) in [5, 5.41) is 2.96. The molecule has 3 aromatic heterocycles. The number of amides is 2. The van der Waals surface area contributed by atoms with Crippen LogP contribution in [0.2, 0.25) is 0 Å². The molecule has 2 amide bonds. The Kier molecular flexibility index (Phi) is 5.74. The van der Waals surface area contributed by atoms with E-state index in [0.717, 1.165) is 25.5 Å². The van der Waals surface area contributed by atoms with Gasteiger partial charge in [-0.1, -0.05) is 6.07 Å². The molecule has 1 saturated heterocycles. The quantitative estimate of drug-likeness (QED) is 0.486. The lowest BCUT2D eigenvalue weighted by atomic mass is 10.2. The number of para-hydroxylation sites is 1. The van der Waals surface area contributed by atoms with Crippen LogP contribution in [0.25, 0.3) is 22.1 Å². The second-order valence-electron chi connectivity index (χ2n) is 7.91. The summed E-state index contributed by atoms with van der Waals surface area (Å²) in [6.07, 6.45) is 2.34. The fraction of sp³-hybridized carbons (Fsp3) is 0.304. The first-order valence-electron chi connectivity index (χ1n) is 10.8. The van der Waals surface area contributed by atoms with Crippen LogP contribution in [0.5, 0.6) is 5.88 Å². The van der Waals surface area contributed by atoms with Crippen molar-refractivity contribution >= 4 is 33.8 Å². The lowest BCUT2D eigenvalue weighted by Crippen LogP contribution is -2.50. The van der Waals surface area contributed by atoms with Crippen molar-refractivity contribution in [2.75, 3.05) is 45.2 Å². The normalized spacial score (nSPS) is 14.7. The maximum Gasteiger partial charge on any atom is 0.321 e. The molecule has 0 unspecified atom stereocenters. The molecule has 0 radical (unpaired) electrons. The van der Waals surface area contributed by atoms with E-state index in [2.05, 4.69) is 30.2 Å². The van der Waals surface area contributed by atoms with Gasteiger partial charge in [-0.25, -0.2) is 19.2 Å². The van der Waals surface area contributed by atoms with Gasteiger partial charge < -0.3 is 19.9 Å². The number of fused-ring (bicyclic) bond motifs is 2. The van der Waals surface area contributed by atoms with E-state index in [1.165, 1.54) is 6.07 Å². The topological polar surface area (TPSA) is 99.3 Å². The Bertz CT molecular complexity index is 1300. The van der Waals surface area contributed by atoms with E-state index in [-0.39, 0.29) is 11.8 Å². The Hall–Kier alpha value is -3.79. The number of urea groups is 1. The van der Waals surface area contributed by atoms with Crippen molar-refractivity contribution in [2.45, 2.75) is 6.42 Å². The maximum absolute atomic E-state index is 13.8. The molecule has 0 atom stereocenters. The van der Waals surface area contributed by atoms with E-state index in [1.807, 2.05) is 12.1 Å². The molecular weight excluding hydrogens is 425 g/mol. The fourth-order valence-electron chi connectivity index (χ4n) is 4.02. The summed E-state index contributed by atoms with van der Waals surface area (Å²) in [6.45, 7) is 3.52. The van der Waals surface area contributed by atoms with Crippen molar-refractivity contribution in [3.05, 3.63) is 54.2 Å². The van der Waals surface area contributed by atoms with Gasteiger partial charge >= 0.3 is 6.03 Å². The second kappa shape index (κ2) is 8.99. The Morgan fingerprint density at radius 2 is 1.97 bits per heavy atom. The first-order valence-corrected chi connectivity index (χ1v) is 10.8. The zero-order valence-corrected chi connectivity index (χ0v) is 18.2. The number of aromatic nitrogens is 4. The number of nitrogens with one attached hydrogen (secondary N) is 2. The van der Waals surface area contributed by atoms with Crippen molar-refractivity contribution in [1.29, 1.82) is 0 Å². The predicted molar refractivity (Wildman–Crippen MR) is 123 cm³/mol. The van der Waals surface area contributed by atoms with Crippen LogP contribution in [0.15, 0.2) is 42.6 Å². The third kappa shape index (κ3) is 4.42. The Labute approximate surface area is 189 Å². The van der Waals surface area contributed by atoms with Gasteiger partial charge in [-0.15, -0.1) is 0 Å². The average molecular weight is 449 g/mol. The zero-order chi connectivity index (χ0) is 22.8. The predicted octanol–water partition coefficient (Wildman–Crippen LogP) is 3.05. The van der Waals surface area contributed by atoms with Crippen LogP contribution in [-0.2, 0) is 6.42 Å². The third-order valence-corrected chi connectivity index (χ3v) is 5.85. The molecule has 4 heterocycles. The molecule has 1 aliphatic heterocycles. The van der Waals surface area contributed by atoms with E-state index in [1.54, 1.807) is 36.4 Å². The molecule has 1 aromatic carbocycles. The van der Waals surface area contributed by atoms with Crippen molar-refractivity contribution < 1.29 is 13.9 Å². The van der Waals surface area contributed by atoms with Crippen LogP contribution < -0.4 is 10.1 Å². The third-order valence-electron chi connectivity index (χ3n) is 5.85. The number of anilines is 1. The SMILES string of the molecule is COc1ccc2nccc(NC(=O)N3CCN(CCc4nc5c(F)cccc5[nH]4)CC3)c2n1. The van der Waals surface area contributed by atoms with E-state index in [4.69, 9.17) is 4.74 Å². The molecule has 170 valence electrons. The highest BCUT2D eigenvalue weighted by Gasteiger charge is 2.22. The molecule has 1 aliphatic rings. The minimum absolute atomic E-state index is 0.167. The van der Waals surface area contributed by atoms with E-state index in [0.29, 0.717) is 53.1 Å². The number of nitrogens with zero attached hydrogens (tertiary/aromatic N) is 5. The highest BCUT2D eigenvalue weighted by Crippen LogP contribution is 2.23. The summed E-state index contributed by atoms with van der Waals surface area (Å²) in [7, 11) is 1.55. The molecule has 33 heavy (non-hydrogen) atoms. The number of pyridine rings is 2. The van der Waals surface area contributed by atoms with Gasteiger partial charge in [-0.05, 0) is 24.3 Å². The number of benzene rings is 1. The van der Waals surface area contributed by atoms with Crippen LogP contribution in [-0.4, -0.2) is 75.6 Å². The van der Waals surface area contributed by atoms with Gasteiger partial charge in [0.2, 0.25) is 5.88 Å². The van der Waals surface area contributed by atoms with Crippen LogP contribution in [0.4, 0.5) is 14.9 Å². The van der Waals surface area contributed by atoms with Gasteiger partial charge in [0.25, 0.3) is 0 Å². The number of hydrogen-bond donors (Lipinski definition) is 2. The first kappa shape index (κ1) is 21.1. The Morgan fingerprint density at radius 3 is 2.76 bits per heavy atom. The smallest absolute Gasteiger partial charge is 0.321 e. The van der Waals surface area contributed by atoms with E-state index < -0.39 is 0 Å². The lowest BCUT2D eigenvalue weighted by Gasteiger charge is -2.34. The summed E-state index contributed by atoms with van der Waals surface area (Å²) in [6, 6.07) is 10.0. The number of H-pyrrole nitrogens is 1. The van der Waals surface area contributed by atoms with Crippen molar-refractivity contribution in [3.63, 3.8) is 0 Å². The van der Waals surface area contributed by atoms with Crippen molar-refractivity contribution in [3.8, 4) is 5.88 Å². The first-order chi connectivity index (χ1) is 16.1. The molecule has 1 fully saturated rings. The molecule has 10 heteroatoms. The van der Waals surface area contributed by atoms with Gasteiger partial charge in [-0.3, -0.25) is 9.88 Å².